The monoisotopic (exact) mass is 345 g/mol. The highest BCUT2D eigenvalue weighted by atomic mass is 79.9. The summed E-state index contributed by atoms with van der Waals surface area (Å²) in [5.74, 6) is 1.08. The maximum atomic E-state index is 4.54. The lowest BCUT2D eigenvalue weighted by molar-refractivity contribution is 0.647. The topological polar surface area (TPSA) is 19.4 Å². The van der Waals surface area contributed by atoms with Crippen molar-refractivity contribution in [1.29, 1.82) is 0 Å². The highest BCUT2D eigenvalue weighted by Crippen LogP contribution is 2.23. The second-order valence-electron chi connectivity index (χ2n) is 5.60. The Morgan fingerprint density at radius 1 is 1.00 bits per heavy atom. The molecule has 1 aliphatic heterocycles. The molecule has 3 nitrogen and oxygen atoms in total. The summed E-state index contributed by atoms with van der Waals surface area (Å²) in [5.41, 5.74) is 3.89. The lowest BCUT2D eigenvalue weighted by atomic mass is 10.2. The van der Waals surface area contributed by atoms with E-state index in [4.69, 9.17) is 0 Å². The summed E-state index contributed by atoms with van der Waals surface area (Å²) in [6.45, 7) is 8.37. The predicted molar refractivity (Wildman–Crippen MR) is 92.3 cm³/mol. The van der Waals surface area contributed by atoms with Gasteiger partial charge in [-0.3, -0.25) is 0 Å². The minimum absolute atomic E-state index is 1.02. The molecule has 1 aromatic carbocycles. The average Bonchev–Trinajstić information content (AvgIpc) is 2.50. The van der Waals surface area contributed by atoms with Crippen LogP contribution in [0.25, 0.3) is 0 Å². The number of halogens is 1. The Balaban J connectivity index is 1.68. The largest absolute Gasteiger partial charge is 0.368 e. The van der Waals surface area contributed by atoms with Gasteiger partial charge in [-0.1, -0.05) is 12.1 Å². The van der Waals surface area contributed by atoms with Gasteiger partial charge in [0.15, 0.2) is 0 Å². The number of aryl methyl sites for hydroxylation is 2. The minimum Gasteiger partial charge on any atom is -0.368 e. The van der Waals surface area contributed by atoms with Gasteiger partial charge in [-0.25, -0.2) is 4.98 Å². The van der Waals surface area contributed by atoms with Crippen LogP contribution in [0.1, 0.15) is 11.1 Å². The van der Waals surface area contributed by atoms with Crippen LogP contribution in [-0.2, 0) is 0 Å². The van der Waals surface area contributed by atoms with Crippen LogP contribution in [0.3, 0.4) is 0 Å². The number of rotatable bonds is 2. The molecule has 0 bridgehead atoms. The van der Waals surface area contributed by atoms with E-state index < -0.39 is 0 Å². The molecular formula is C17H20BrN3. The van der Waals surface area contributed by atoms with E-state index in [9.17, 15) is 0 Å². The van der Waals surface area contributed by atoms with Crippen LogP contribution < -0.4 is 9.80 Å². The molecule has 0 saturated carbocycles. The summed E-state index contributed by atoms with van der Waals surface area (Å²) in [6, 6.07) is 10.9. The summed E-state index contributed by atoms with van der Waals surface area (Å²) < 4.78 is 1.07. The zero-order valence-corrected chi connectivity index (χ0v) is 14.1. The molecule has 21 heavy (non-hydrogen) atoms. The number of pyridine rings is 1. The van der Waals surface area contributed by atoms with Crippen molar-refractivity contribution in [3.8, 4) is 0 Å². The third-order valence-electron chi connectivity index (χ3n) is 4.00. The Morgan fingerprint density at radius 2 is 1.71 bits per heavy atom. The second-order valence-corrected chi connectivity index (χ2v) is 6.46. The van der Waals surface area contributed by atoms with Crippen LogP contribution in [0.5, 0.6) is 0 Å². The molecule has 2 heterocycles. The number of piperazine rings is 1. The zero-order chi connectivity index (χ0) is 14.8. The van der Waals surface area contributed by atoms with E-state index in [1.165, 1.54) is 16.8 Å². The third-order valence-corrected chi connectivity index (χ3v) is 4.83. The number of hydrogen-bond acceptors (Lipinski definition) is 3. The maximum absolute atomic E-state index is 4.54. The van der Waals surface area contributed by atoms with Gasteiger partial charge in [0.05, 0.1) is 0 Å². The molecular weight excluding hydrogens is 326 g/mol. The van der Waals surface area contributed by atoms with Crippen LogP contribution >= 0.6 is 15.9 Å². The number of benzene rings is 1. The van der Waals surface area contributed by atoms with Gasteiger partial charge in [-0.05, 0) is 59.1 Å². The van der Waals surface area contributed by atoms with E-state index in [0.717, 1.165) is 36.5 Å². The fraction of sp³-hybridized carbons (Fsp3) is 0.353. The smallest absolute Gasteiger partial charge is 0.128 e. The van der Waals surface area contributed by atoms with E-state index in [1.54, 1.807) is 0 Å². The molecule has 1 saturated heterocycles. The van der Waals surface area contributed by atoms with E-state index in [-0.39, 0.29) is 0 Å². The van der Waals surface area contributed by atoms with Gasteiger partial charge in [-0.15, -0.1) is 0 Å². The zero-order valence-electron chi connectivity index (χ0n) is 12.5. The van der Waals surface area contributed by atoms with Crippen molar-refractivity contribution in [3.05, 3.63) is 52.1 Å². The van der Waals surface area contributed by atoms with Crippen molar-refractivity contribution < 1.29 is 0 Å². The first-order valence-electron chi connectivity index (χ1n) is 7.32. The van der Waals surface area contributed by atoms with Crippen molar-refractivity contribution in [3.63, 3.8) is 0 Å². The van der Waals surface area contributed by atoms with Crippen LogP contribution in [0.15, 0.2) is 41.0 Å². The molecule has 0 aliphatic carbocycles. The molecule has 1 aromatic heterocycles. The van der Waals surface area contributed by atoms with E-state index in [1.807, 2.05) is 6.20 Å². The fourth-order valence-corrected chi connectivity index (χ4v) is 2.93. The third kappa shape index (κ3) is 3.21. The molecule has 0 amide bonds. The second kappa shape index (κ2) is 6.06. The highest BCUT2D eigenvalue weighted by molar-refractivity contribution is 9.10. The van der Waals surface area contributed by atoms with Gasteiger partial charge in [0.25, 0.3) is 0 Å². The highest BCUT2D eigenvalue weighted by Gasteiger charge is 2.18. The van der Waals surface area contributed by atoms with Crippen LogP contribution in [0.4, 0.5) is 11.5 Å². The van der Waals surface area contributed by atoms with E-state index in [2.05, 4.69) is 74.9 Å². The minimum atomic E-state index is 1.02. The van der Waals surface area contributed by atoms with Crippen molar-refractivity contribution in [2.75, 3.05) is 36.0 Å². The molecule has 4 heteroatoms. The molecule has 2 aromatic rings. The van der Waals surface area contributed by atoms with Crippen molar-refractivity contribution >= 4 is 27.4 Å². The van der Waals surface area contributed by atoms with Gasteiger partial charge in [-0.2, -0.15) is 0 Å². The standard InChI is InChI=1S/C17H20BrN3/c1-13-4-3-5-15(10-13)20-6-8-21(9-7-20)17-11-14(2)16(18)12-19-17/h3-5,10-12H,6-9H2,1-2H3. The Morgan fingerprint density at radius 3 is 2.38 bits per heavy atom. The van der Waals surface area contributed by atoms with Gasteiger partial charge in [0.2, 0.25) is 0 Å². The average molecular weight is 346 g/mol. The first-order chi connectivity index (χ1) is 10.1. The molecule has 0 unspecified atom stereocenters. The normalized spacial score (nSPS) is 15.4. The van der Waals surface area contributed by atoms with Crippen LogP contribution in [-0.4, -0.2) is 31.2 Å². The molecule has 1 fully saturated rings. The summed E-state index contributed by atoms with van der Waals surface area (Å²) >= 11 is 3.51. The quantitative estimate of drug-likeness (QED) is 0.825. The molecule has 3 rings (SSSR count). The lowest BCUT2D eigenvalue weighted by Gasteiger charge is -2.37. The van der Waals surface area contributed by atoms with Gasteiger partial charge < -0.3 is 9.80 Å². The number of hydrogen-bond donors (Lipinski definition) is 0. The summed E-state index contributed by atoms with van der Waals surface area (Å²) in [5, 5.41) is 0. The summed E-state index contributed by atoms with van der Waals surface area (Å²) in [4.78, 5) is 9.36. The Labute approximate surface area is 134 Å². The molecule has 110 valence electrons. The molecule has 1 aliphatic rings. The fourth-order valence-electron chi connectivity index (χ4n) is 2.72. The molecule has 0 atom stereocenters. The van der Waals surface area contributed by atoms with Crippen molar-refractivity contribution in [2.24, 2.45) is 0 Å². The van der Waals surface area contributed by atoms with Gasteiger partial charge in [0.1, 0.15) is 5.82 Å². The van der Waals surface area contributed by atoms with Crippen molar-refractivity contribution in [1.82, 2.24) is 4.98 Å². The summed E-state index contributed by atoms with van der Waals surface area (Å²) in [6.07, 6.45) is 1.90. The summed E-state index contributed by atoms with van der Waals surface area (Å²) in [7, 11) is 0. The first kappa shape index (κ1) is 14.4. The first-order valence-corrected chi connectivity index (χ1v) is 8.11. The lowest BCUT2D eigenvalue weighted by Crippen LogP contribution is -2.46. The predicted octanol–water partition coefficient (Wildman–Crippen LogP) is 3.79. The Bertz CT molecular complexity index is 634. The Kier molecular flexibility index (Phi) is 4.15. The van der Waals surface area contributed by atoms with Gasteiger partial charge in [0, 0.05) is 42.5 Å². The SMILES string of the molecule is Cc1cccc(N2CCN(c3cc(C)c(Br)cn3)CC2)c1. The van der Waals surface area contributed by atoms with Crippen LogP contribution in [0.2, 0.25) is 0 Å². The van der Waals surface area contributed by atoms with E-state index in [0.29, 0.717) is 0 Å². The maximum Gasteiger partial charge on any atom is 0.128 e. The molecule has 0 spiro atoms. The van der Waals surface area contributed by atoms with Crippen LogP contribution in [0, 0.1) is 13.8 Å². The van der Waals surface area contributed by atoms with E-state index >= 15 is 0 Å². The van der Waals surface area contributed by atoms with Gasteiger partial charge >= 0.3 is 0 Å². The molecule has 0 N–H and O–H groups in total. The number of aromatic nitrogens is 1. The number of nitrogens with zero attached hydrogens (tertiary/aromatic N) is 3. The number of anilines is 2. The van der Waals surface area contributed by atoms with Crippen molar-refractivity contribution in [2.45, 2.75) is 13.8 Å². The molecule has 0 radical (unpaired) electrons. The Hall–Kier alpha value is -1.55.